The average molecular weight is 311 g/mol. The number of nitrogens with zero attached hydrogens (tertiary/aromatic N) is 1. The van der Waals surface area contributed by atoms with E-state index in [2.05, 4.69) is 5.32 Å². The van der Waals surface area contributed by atoms with Gasteiger partial charge in [0.2, 0.25) is 5.91 Å². The molecule has 116 valence electrons. The number of nitrogens with one attached hydrogen (secondary N) is 1. The van der Waals surface area contributed by atoms with Gasteiger partial charge in [0.25, 0.3) is 0 Å². The van der Waals surface area contributed by atoms with Crippen LogP contribution in [0.25, 0.3) is 0 Å². The molecule has 0 bridgehead atoms. The molecule has 0 aliphatic heterocycles. The fourth-order valence-corrected chi connectivity index (χ4v) is 3.05. The molecule has 2 N–H and O–H groups in total. The van der Waals surface area contributed by atoms with Crippen LogP contribution in [-0.2, 0) is 4.79 Å². The zero-order valence-corrected chi connectivity index (χ0v) is 13.1. The lowest BCUT2D eigenvalue weighted by Crippen LogP contribution is -2.38. The van der Waals surface area contributed by atoms with Crippen LogP contribution in [0.2, 0.25) is 5.02 Å². The lowest BCUT2D eigenvalue weighted by Gasteiger charge is -2.30. The van der Waals surface area contributed by atoms with E-state index in [1.165, 1.54) is 6.42 Å². The molecule has 2 atom stereocenters. The van der Waals surface area contributed by atoms with Gasteiger partial charge in [-0.1, -0.05) is 36.6 Å². The SMILES string of the molecule is CN(CC(=O)Nc1ccccc1Cl)CC1CCCCC1O. The topological polar surface area (TPSA) is 52.6 Å². The normalized spacial score (nSPS) is 22.3. The Bertz CT molecular complexity index is 481. The van der Waals surface area contributed by atoms with Crippen molar-refractivity contribution in [3.05, 3.63) is 29.3 Å². The smallest absolute Gasteiger partial charge is 0.238 e. The molecule has 4 nitrogen and oxygen atoms in total. The largest absolute Gasteiger partial charge is 0.393 e. The van der Waals surface area contributed by atoms with Crippen molar-refractivity contribution in [1.82, 2.24) is 4.90 Å². The summed E-state index contributed by atoms with van der Waals surface area (Å²) in [5.41, 5.74) is 0.635. The summed E-state index contributed by atoms with van der Waals surface area (Å²) in [4.78, 5) is 14.0. The van der Waals surface area contributed by atoms with Gasteiger partial charge in [0.15, 0.2) is 0 Å². The molecule has 0 aromatic heterocycles. The zero-order valence-electron chi connectivity index (χ0n) is 12.4. The lowest BCUT2D eigenvalue weighted by molar-refractivity contribution is -0.117. The van der Waals surface area contributed by atoms with E-state index in [4.69, 9.17) is 11.6 Å². The number of aliphatic hydroxyl groups excluding tert-OH is 1. The maximum Gasteiger partial charge on any atom is 0.238 e. The fraction of sp³-hybridized carbons (Fsp3) is 0.562. The van der Waals surface area contributed by atoms with Crippen molar-refractivity contribution in [3.63, 3.8) is 0 Å². The Balaban J connectivity index is 1.80. The summed E-state index contributed by atoms with van der Waals surface area (Å²) < 4.78 is 0. The van der Waals surface area contributed by atoms with Gasteiger partial charge < -0.3 is 10.4 Å². The summed E-state index contributed by atoms with van der Waals surface area (Å²) in [6.45, 7) is 1.05. The standard InChI is InChI=1S/C16H23ClN2O2/c1-19(10-12-6-2-5-9-15(12)20)11-16(21)18-14-8-4-3-7-13(14)17/h3-4,7-8,12,15,20H,2,5-6,9-11H2,1H3,(H,18,21). The summed E-state index contributed by atoms with van der Waals surface area (Å²) >= 11 is 6.02. The number of hydrogen-bond acceptors (Lipinski definition) is 3. The molecule has 1 amide bonds. The van der Waals surface area contributed by atoms with E-state index < -0.39 is 0 Å². The molecule has 1 aromatic rings. The molecule has 0 spiro atoms. The molecule has 5 heteroatoms. The molecular formula is C16H23ClN2O2. The number of rotatable bonds is 5. The molecule has 1 fully saturated rings. The molecule has 1 aliphatic rings. The van der Waals surface area contributed by atoms with Crippen molar-refractivity contribution in [3.8, 4) is 0 Å². The number of halogens is 1. The first kappa shape index (κ1) is 16.3. The summed E-state index contributed by atoms with van der Waals surface area (Å²) in [5, 5.41) is 13.3. The van der Waals surface area contributed by atoms with Crippen LogP contribution in [-0.4, -0.2) is 42.2 Å². The quantitative estimate of drug-likeness (QED) is 0.879. The maximum absolute atomic E-state index is 12.0. The first-order chi connectivity index (χ1) is 10.1. The third-order valence-electron chi connectivity index (χ3n) is 3.98. The first-order valence-electron chi connectivity index (χ1n) is 7.47. The van der Waals surface area contributed by atoms with Gasteiger partial charge in [0.05, 0.1) is 23.4 Å². The van der Waals surface area contributed by atoms with Gasteiger partial charge in [-0.05, 0) is 37.9 Å². The number of anilines is 1. The molecule has 1 aliphatic carbocycles. The minimum absolute atomic E-state index is 0.0871. The van der Waals surface area contributed by atoms with Crippen LogP contribution in [0.1, 0.15) is 25.7 Å². The molecule has 0 saturated heterocycles. The molecule has 1 aromatic carbocycles. The Kier molecular flexibility index (Phi) is 6.03. The second-order valence-corrected chi connectivity index (χ2v) is 6.24. The number of likely N-dealkylation sites (N-methyl/N-ethyl adjacent to an activating group) is 1. The Morgan fingerprint density at radius 1 is 1.38 bits per heavy atom. The van der Waals surface area contributed by atoms with Gasteiger partial charge in [0, 0.05) is 6.54 Å². The highest BCUT2D eigenvalue weighted by molar-refractivity contribution is 6.33. The van der Waals surface area contributed by atoms with Gasteiger partial charge in [0.1, 0.15) is 0 Å². The Morgan fingerprint density at radius 3 is 2.81 bits per heavy atom. The number of hydrogen-bond donors (Lipinski definition) is 2. The summed E-state index contributed by atoms with van der Waals surface area (Å²) in [7, 11) is 1.91. The summed E-state index contributed by atoms with van der Waals surface area (Å²) in [6, 6.07) is 7.20. The number of carbonyl (C=O) groups excluding carboxylic acids is 1. The summed E-state index contributed by atoms with van der Waals surface area (Å²) in [5.74, 6) is 0.188. The van der Waals surface area contributed by atoms with Gasteiger partial charge in [-0.15, -0.1) is 0 Å². The monoisotopic (exact) mass is 310 g/mol. The Hall–Kier alpha value is -1.10. The lowest BCUT2D eigenvalue weighted by atomic mass is 9.86. The minimum atomic E-state index is -0.229. The van der Waals surface area contributed by atoms with Crippen molar-refractivity contribution in [1.29, 1.82) is 0 Å². The number of amides is 1. The van der Waals surface area contributed by atoms with Gasteiger partial charge in [-0.3, -0.25) is 9.69 Å². The van der Waals surface area contributed by atoms with Crippen LogP contribution >= 0.6 is 11.6 Å². The first-order valence-corrected chi connectivity index (χ1v) is 7.85. The second kappa shape index (κ2) is 7.78. The molecule has 1 saturated carbocycles. The van der Waals surface area contributed by atoms with E-state index in [1.807, 2.05) is 24.1 Å². The molecule has 0 radical (unpaired) electrons. The molecule has 2 unspecified atom stereocenters. The van der Waals surface area contributed by atoms with Gasteiger partial charge in [-0.25, -0.2) is 0 Å². The third kappa shape index (κ3) is 4.99. The Morgan fingerprint density at radius 2 is 2.10 bits per heavy atom. The third-order valence-corrected chi connectivity index (χ3v) is 4.31. The molecular weight excluding hydrogens is 288 g/mol. The van der Waals surface area contributed by atoms with E-state index in [-0.39, 0.29) is 17.9 Å². The Labute approximate surface area is 131 Å². The predicted octanol–water partition coefficient (Wildman–Crippen LogP) is 2.76. The average Bonchev–Trinajstić information content (AvgIpc) is 2.44. The van der Waals surface area contributed by atoms with Crippen LogP contribution in [0, 0.1) is 5.92 Å². The van der Waals surface area contributed by atoms with Gasteiger partial charge >= 0.3 is 0 Å². The van der Waals surface area contributed by atoms with Crippen LogP contribution in [0.15, 0.2) is 24.3 Å². The van der Waals surface area contributed by atoms with E-state index >= 15 is 0 Å². The van der Waals surface area contributed by atoms with E-state index in [0.717, 1.165) is 25.8 Å². The van der Waals surface area contributed by atoms with Crippen molar-refractivity contribution >= 4 is 23.2 Å². The van der Waals surface area contributed by atoms with Crippen molar-refractivity contribution < 1.29 is 9.90 Å². The predicted molar refractivity (Wildman–Crippen MR) is 85.5 cm³/mol. The van der Waals surface area contributed by atoms with E-state index in [9.17, 15) is 9.90 Å². The molecule has 21 heavy (non-hydrogen) atoms. The van der Waals surface area contributed by atoms with Crippen LogP contribution in [0.5, 0.6) is 0 Å². The van der Waals surface area contributed by atoms with E-state index in [0.29, 0.717) is 17.3 Å². The van der Waals surface area contributed by atoms with Crippen LogP contribution in [0.4, 0.5) is 5.69 Å². The number of benzene rings is 1. The number of carbonyl (C=O) groups is 1. The van der Waals surface area contributed by atoms with E-state index in [1.54, 1.807) is 12.1 Å². The highest BCUT2D eigenvalue weighted by Crippen LogP contribution is 2.25. The number of para-hydroxylation sites is 1. The molecule has 2 rings (SSSR count). The van der Waals surface area contributed by atoms with Crippen molar-refractivity contribution in [2.75, 3.05) is 25.5 Å². The van der Waals surface area contributed by atoms with Crippen molar-refractivity contribution in [2.45, 2.75) is 31.8 Å². The maximum atomic E-state index is 12.0. The molecule has 0 heterocycles. The van der Waals surface area contributed by atoms with Crippen LogP contribution in [0.3, 0.4) is 0 Å². The zero-order chi connectivity index (χ0) is 15.2. The summed E-state index contributed by atoms with van der Waals surface area (Å²) in [6.07, 6.45) is 3.96. The van der Waals surface area contributed by atoms with Crippen molar-refractivity contribution in [2.24, 2.45) is 5.92 Å². The fourth-order valence-electron chi connectivity index (χ4n) is 2.86. The number of aliphatic hydroxyl groups is 1. The highest BCUT2D eigenvalue weighted by atomic mass is 35.5. The minimum Gasteiger partial charge on any atom is -0.393 e. The van der Waals surface area contributed by atoms with Gasteiger partial charge in [-0.2, -0.15) is 0 Å². The highest BCUT2D eigenvalue weighted by Gasteiger charge is 2.24. The second-order valence-electron chi connectivity index (χ2n) is 5.84. The van der Waals surface area contributed by atoms with Crippen LogP contribution < -0.4 is 5.32 Å².